The number of esters is 2. The van der Waals surface area contributed by atoms with Crippen LogP contribution < -0.4 is 0 Å². The van der Waals surface area contributed by atoms with Crippen molar-refractivity contribution in [3.05, 3.63) is 0 Å². The number of hydrogen-bond donors (Lipinski definition) is 4. The van der Waals surface area contributed by atoms with Crippen LogP contribution >= 0.6 is 0 Å². The van der Waals surface area contributed by atoms with Crippen LogP contribution in [0.4, 0.5) is 0 Å². The Balaban J connectivity index is 3.35. The molecule has 7 nitrogen and oxygen atoms in total. The molecule has 0 aromatic heterocycles. The molecule has 0 aliphatic heterocycles. The molecule has 304 valence electrons. The lowest BCUT2D eigenvalue weighted by molar-refractivity contribution is -0.159. The highest BCUT2D eigenvalue weighted by atomic mass is 16.6. The highest BCUT2D eigenvalue weighted by Gasteiger charge is 2.11. The first-order valence-corrected chi connectivity index (χ1v) is 22.2. The van der Waals surface area contributed by atoms with E-state index in [2.05, 4.69) is 0 Å². The van der Waals surface area contributed by atoms with Gasteiger partial charge < -0.3 is 25.2 Å². The van der Waals surface area contributed by atoms with E-state index in [0.717, 1.165) is 77.0 Å². The van der Waals surface area contributed by atoms with E-state index < -0.39 is 0 Å². The van der Waals surface area contributed by atoms with Crippen molar-refractivity contribution in [1.82, 2.24) is 0 Å². The van der Waals surface area contributed by atoms with E-state index >= 15 is 0 Å². The van der Waals surface area contributed by atoms with Gasteiger partial charge >= 0.3 is 11.9 Å². The van der Waals surface area contributed by atoms with Crippen LogP contribution in [0.3, 0.4) is 0 Å². The van der Waals surface area contributed by atoms with Crippen LogP contribution in [0.15, 0.2) is 0 Å². The zero-order valence-corrected chi connectivity index (χ0v) is 33.5. The molecule has 0 bridgehead atoms. The molecule has 7 heteroatoms. The van der Waals surface area contributed by atoms with Crippen molar-refractivity contribution in [3.63, 3.8) is 0 Å². The van der Waals surface area contributed by atoms with Gasteiger partial charge in [-0.1, -0.05) is 180 Å². The summed E-state index contributed by atoms with van der Waals surface area (Å²) in [7, 11) is 0. The van der Waals surface area contributed by atoms with Crippen molar-refractivity contribution in [1.29, 1.82) is 0 Å². The molecule has 0 rings (SSSR count). The molecule has 0 heterocycles. The Hall–Kier alpha value is -1.02. The number of ether oxygens (including phenoxy) is 1. The second-order valence-electron chi connectivity index (χ2n) is 15.6. The average Bonchev–Trinajstić information content (AvgIpc) is 3.11. The molecular formula is C44H86O7. The topological polar surface area (TPSA) is 124 Å². The van der Waals surface area contributed by atoms with Gasteiger partial charge in [-0.3, -0.25) is 9.59 Å². The highest BCUT2D eigenvalue weighted by molar-refractivity contribution is 5.85. The molecule has 0 spiro atoms. The standard InChI is InChI=1S/C44H86O7/c45-37-33-41(34-38-46)29-25-21-17-13-9-5-1-3-7-11-15-19-23-27-31-43(49)51-44(50)32-28-24-20-16-12-8-4-2-6-10-14-18-22-26-30-42(35-39-47)36-40-48/h41-42,45-48H,1-40H2. The quantitative estimate of drug-likeness (QED) is 0.0280. The first kappa shape index (κ1) is 50.0. The second kappa shape index (κ2) is 41.7. The maximum atomic E-state index is 12.0. The molecule has 0 saturated carbocycles. The van der Waals surface area contributed by atoms with Crippen molar-refractivity contribution < 1.29 is 34.8 Å². The van der Waals surface area contributed by atoms with E-state index in [-0.39, 0.29) is 38.4 Å². The lowest BCUT2D eigenvalue weighted by Crippen LogP contribution is -2.11. The van der Waals surface area contributed by atoms with Crippen LogP contribution in [0.1, 0.15) is 231 Å². The summed E-state index contributed by atoms with van der Waals surface area (Å²) in [6.45, 7) is 0.941. The monoisotopic (exact) mass is 727 g/mol. The fraction of sp³-hybridized carbons (Fsp3) is 0.955. The van der Waals surface area contributed by atoms with Gasteiger partial charge in [0.25, 0.3) is 0 Å². The van der Waals surface area contributed by atoms with Crippen LogP contribution in [-0.4, -0.2) is 58.8 Å². The Morgan fingerprint density at radius 1 is 0.294 bits per heavy atom. The Morgan fingerprint density at radius 2 is 0.490 bits per heavy atom. The maximum Gasteiger partial charge on any atom is 0.313 e. The molecule has 0 atom stereocenters. The smallest absolute Gasteiger partial charge is 0.313 e. The summed E-state index contributed by atoms with van der Waals surface area (Å²) in [5.74, 6) is 0.266. The largest absolute Gasteiger partial charge is 0.396 e. The zero-order chi connectivity index (χ0) is 37.3. The van der Waals surface area contributed by atoms with E-state index in [9.17, 15) is 9.59 Å². The van der Waals surface area contributed by atoms with Crippen LogP contribution in [0.2, 0.25) is 0 Å². The lowest BCUT2D eigenvalue weighted by atomic mass is 9.94. The van der Waals surface area contributed by atoms with Gasteiger partial charge in [-0.25, -0.2) is 0 Å². The number of aliphatic hydroxyl groups excluding tert-OH is 4. The molecule has 4 N–H and O–H groups in total. The molecule has 0 unspecified atom stereocenters. The van der Waals surface area contributed by atoms with E-state index in [0.29, 0.717) is 24.7 Å². The predicted octanol–water partition coefficient (Wildman–Crippen LogP) is 11.3. The summed E-state index contributed by atoms with van der Waals surface area (Å²) in [6, 6.07) is 0. The van der Waals surface area contributed by atoms with Crippen LogP contribution in [-0.2, 0) is 14.3 Å². The van der Waals surface area contributed by atoms with Gasteiger partial charge in [-0.15, -0.1) is 0 Å². The summed E-state index contributed by atoms with van der Waals surface area (Å²) in [6.07, 6.45) is 40.8. The van der Waals surface area contributed by atoms with Gasteiger partial charge in [0.2, 0.25) is 0 Å². The second-order valence-corrected chi connectivity index (χ2v) is 15.6. The molecule has 0 amide bonds. The molecule has 0 aromatic carbocycles. The predicted molar refractivity (Wildman–Crippen MR) is 213 cm³/mol. The third-order valence-electron chi connectivity index (χ3n) is 10.9. The summed E-state index contributed by atoms with van der Waals surface area (Å²) in [4.78, 5) is 24.0. The number of carbonyl (C=O) groups is 2. The third-order valence-corrected chi connectivity index (χ3v) is 10.9. The Morgan fingerprint density at radius 3 is 0.706 bits per heavy atom. The van der Waals surface area contributed by atoms with E-state index in [1.807, 2.05) is 0 Å². The van der Waals surface area contributed by atoms with Crippen molar-refractivity contribution in [2.45, 2.75) is 231 Å². The van der Waals surface area contributed by atoms with Gasteiger partial charge in [0.05, 0.1) is 0 Å². The van der Waals surface area contributed by atoms with E-state index in [1.54, 1.807) is 0 Å². The minimum absolute atomic E-state index is 0.235. The average molecular weight is 727 g/mol. The molecule has 51 heavy (non-hydrogen) atoms. The van der Waals surface area contributed by atoms with E-state index in [4.69, 9.17) is 25.2 Å². The summed E-state index contributed by atoms with van der Waals surface area (Å²) < 4.78 is 5.03. The van der Waals surface area contributed by atoms with Gasteiger partial charge in [0.15, 0.2) is 0 Å². The summed E-state index contributed by atoms with van der Waals surface area (Å²) >= 11 is 0. The third kappa shape index (κ3) is 38.5. The molecule has 0 saturated heterocycles. The SMILES string of the molecule is O=C(CCCCCCCCCCCCCCCCC(CCO)CCO)OC(=O)CCCCCCCCCCCCCCCCC(CCO)CCO. The number of carbonyl (C=O) groups excluding carboxylic acids is 2. The lowest BCUT2D eigenvalue weighted by Gasteiger charge is -2.13. The van der Waals surface area contributed by atoms with Crippen molar-refractivity contribution in [2.24, 2.45) is 11.8 Å². The number of unbranched alkanes of at least 4 members (excludes halogenated alkanes) is 26. The number of aliphatic hydroxyl groups is 4. The summed E-state index contributed by atoms with van der Waals surface area (Å²) in [5.41, 5.74) is 0. The Kier molecular flexibility index (Phi) is 40.9. The molecular weight excluding hydrogens is 640 g/mol. The number of hydrogen-bond acceptors (Lipinski definition) is 7. The van der Waals surface area contributed by atoms with E-state index in [1.165, 1.54) is 141 Å². The van der Waals surface area contributed by atoms with Crippen molar-refractivity contribution >= 4 is 11.9 Å². The molecule has 0 aliphatic rings. The fourth-order valence-corrected chi connectivity index (χ4v) is 7.47. The van der Waals surface area contributed by atoms with Crippen molar-refractivity contribution in [2.75, 3.05) is 26.4 Å². The molecule has 0 fully saturated rings. The normalized spacial score (nSPS) is 11.6. The maximum absolute atomic E-state index is 12.0. The molecule has 0 aliphatic carbocycles. The van der Waals surface area contributed by atoms with Gasteiger partial charge in [-0.05, 0) is 50.4 Å². The first-order valence-electron chi connectivity index (χ1n) is 22.2. The first-order chi connectivity index (χ1) is 25.1. The Bertz CT molecular complexity index is 646. The molecule has 0 radical (unpaired) electrons. The summed E-state index contributed by atoms with van der Waals surface area (Å²) in [5, 5.41) is 36.4. The van der Waals surface area contributed by atoms with Gasteiger partial charge in [0.1, 0.15) is 0 Å². The minimum Gasteiger partial charge on any atom is -0.396 e. The highest BCUT2D eigenvalue weighted by Crippen LogP contribution is 2.20. The molecule has 0 aromatic rings. The van der Waals surface area contributed by atoms with Crippen molar-refractivity contribution in [3.8, 4) is 0 Å². The van der Waals surface area contributed by atoms with Crippen LogP contribution in [0.5, 0.6) is 0 Å². The van der Waals surface area contributed by atoms with Crippen LogP contribution in [0, 0.1) is 11.8 Å². The van der Waals surface area contributed by atoms with Crippen LogP contribution in [0.25, 0.3) is 0 Å². The zero-order valence-electron chi connectivity index (χ0n) is 33.5. The van der Waals surface area contributed by atoms with Gasteiger partial charge in [-0.2, -0.15) is 0 Å². The van der Waals surface area contributed by atoms with Gasteiger partial charge in [0, 0.05) is 39.3 Å². The number of rotatable bonds is 42. The Labute approximate surface area is 315 Å². The minimum atomic E-state index is -0.353. The fourth-order valence-electron chi connectivity index (χ4n) is 7.47.